The number of hydrogen-bond acceptors (Lipinski definition) is 6. The predicted molar refractivity (Wildman–Crippen MR) is 92.0 cm³/mol. The van der Waals surface area contributed by atoms with Crippen LogP contribution in [0.1, 0.15) is 35.9 Å². The van der Waals surface area contributed by atoms with E-state index >= 15 is 0 Å². The van der Waals surface area contributed by atoms with Gasteiger partial charge in [0.1, 0.15) is 11.5 Å². The Hall–Kier alpha value is -1.68. The molecule has 1 N–H and O–H groups in total. The second kappa shape index (κ2) is 6.91. The molecule has 0 saturated carbocycles. The predicted octanol–water partition coefficient (Wildman–Crippen LogP) is 0.937. The number of nitrogens with zero attached hydrogens (tertiary/aromatic N) is 4. The Labute approximate surface area is 147 Å². The van der Waals surface area contributed by atoms with E-state index in [1.807, 2.05) is 22.9 Å². The van der Waals surface area contributed by atoms with Gasteiger partial charge < -0.3 is 9.52 Å². The van der Waals surface area contributed by atoms with Crippen LogP contribution in [0.2, 0.25) is 0 Å². The maximum Gasteiger partial charge on any atom is 0.211 e. The summed E-state index contributed by atoms with van der Waals surface area (Å²) in [5.74, 6) is 1.43. The molecule has 3 rings (SSSR count). The molecule has 0 bridgehead atoms. The van der Waals surface area contributed by atoms with Crippen molar-refractivity contribution in [3.8, 4) is 0 Å². The van der Waals surface area contributed by atoms with E-state index in [9.17, 15) is 13.5 Å². The molecule has 8 nitrogen and oxygen atoms in total. The number of aliphatic hydroxyl groups is 1. The number of hydrogen-bond donors (Lipinski definition) is 1. The highest BCUT2D eigenvalue weighted by Gasteiger charge is 2.21. The fourth-order valence-electron chi connectivity index (χ4n) is 2.83. The Morgan fingerprint density at radius 3 is 2.76 bits per heavy atom. The summed E-state index contributed by atoms with van der Waals surface area (Å²) in [6.07, 6.45) is 0.612. The number of sulfonamides is 1. The van der Waals surface area contributed by atoms with Crippen LogP contribution in [0.5, 0.6) is 0 Å². The third kappa shape index (κ3) is 4.30. The van der Waals surface area contributed by atoms with Gasteiger partial charge in [0, 0.05) is 20.1 Å². The van der Waals surface area contributed by atoms with Crippen molar-refractivity contribution >= 4 is 10.0 Å². The highest BCUT2D eigenvalue weighted by atomic mass is 32.2. The minimum absolute atomic E-state index is 0.226. The summed E-state index contributed by atoms with van der Waals surface area (Å²) in [6, 6.07) is 5.64. The van der Waals surface area contributed by atoms with Gasteiger partial charge in [-0.25, -0.2) is 8.42 Å². The SMILES string of the molecule is C[C@@H](O)c1cc2n(n1)CCN(Cc1ccc(CN(C)S(C)(=O)=O)o1)C2. The van der Waals surface area contributed by atoms with Crippen LogP contribution < -0.4 is 0 Å². The Balaban J connectivity index is 1.62. The molecule has 0 radical (unpaired) electrons. The minimum atomic E-state index is -3.22. The van der Waals surface area contributed by atoms with Gasteiger partial charge in [-0.2, -0.15) is 9.40 Å². The number of fused-ring (bicyclic) bond motifs is 1. The van der Waals surface area contributed by atoms with Crippen LogP contribution in [0.3, 0.4) is 0 Å². The molecule has 9 heteroatoms. The molecule has 2 aromatic rings. The summed E-state index contributed by atoms with van der Waals surface area (Å²) in [5.41, 5.74) is 1.77. The average molecular weight is 368 g/mol. The molecule has 1 aliphatic rings. The Morgan fingerprint density at radius 2 is 2.08 bits per heavy atom. The van der Waals surface area contributed by atoms with Crippen LogP contribution >= 0.6 is 0 Å². The first kappa shape index (κ1) is 18.1. The Kier molecular flexibility index (Phi) is 5.01. The maximum absolute atomic E-state index is 11.5. The lowest BCUT2D eigenvalue weighted by molar-refractivity contribution is 0.183. The van der Waals surface area contributed by atoms with Gasteiger partial charge in [-0.1, -0.05) is 0 Å². The average Bonchev–Trinajstić information content (AvgIpc) is 3.12. The molecule has 0 aliphatic carbocycles. The van der Waals surface area contributed by atoms with Crippen molar-refractivity contribution in [3.05, 3.63) is 41.1 Å². The minimum Gasteiger partial charge on any atom is -0.463 e. The van der Waals surface area contributed by atoms with Crippen LogP contribution in [-0.2, 0) is 36.2 Å². The second-order valence-corrected chi connectivity index (χ2v) is 8.65. The highest BCUT2D eigenvalue weighted by molar-refractivity contribution is 7.88. The summed E-state index contributed by atoms with van der Waals surface area (Å²) >= 11 is 0. The molecule has 1 atom stereocenters. The van der Waals surface area contributed by atoms with E-state index in [1.54, 1.807) is 6.92 Å². The van der Waals surface area contributed by atoms with Gasteiger partial charge in [-0.15, -0.1) is 0 Å². The van der Waals surface area contributed by atoms with Crippen LogP contribution in [-0.4, -0.2) is 52.4 Å². The first-order chi connectivity index (χ1) is 11.7. The van der Waals surface area contributed by atoms with Crippen LogP contribution in [0.4, 0.5) is 0 Å². The summed E-state index contributed by atoms with van der Waals surface area (Å²) in [6.45, 7) is 4.93. The summed E-state index contributed by atoms with van der Waals surface area (Å²) < 4.78 is 31.9. The van der Waals surface area contributed by atoms with E-state index in [2.05, 4.69) is 10.00 Å². The third-order valence-electron chi connectivity index (χ3n) is 4.37. The molecule has 0 saturated heterocycles. The zero-order valence-corrected chi connectivity index (χ0v) is 15.5. The molecule has 2 aromatic heterocycles. The van der Waals surface area contributed by atoms with Crippen LogP contribution in [0.25, 0.3) is 0 Å². The van der Waals surface area contributed by atoms with Crippen molar-refractivity contribution in [2.75, 3.05) is 19.8 Å². The molecule has 3 heterocycles. The van der Waals surface area contributed by atoms with E-state index in [-0.39, 0.29) is 6.54 Å². The van der Waals surface area contributed by atoms with E-state index < -0.39 is 16.1 Å². The zero-order valence-electron chi connectivity index (χ0n) is 14.7. The Morgan fingerprint density at radius 1 is 1.36 bits per heavy atom. The summed E-state index contributed by atoms with van der Waals surface area (Å²) in [5, 5.41) is 14.1. The van der Waals surface area contributed by atoms with Crippen molar-refractivity contribution in [1.29, 1.82) is 0 Å². The van der Waals surface area contributed by atoms with Crippen LogP contribution in [0, 0.1) is 0 Å². The van der Waals surface area contributed by atoms with Crippen molar-refractivity contribution in [3.63, 3.8) is 0 Å². The lowest BCUT2D eigenvalue weighted by Crippen LogP contribution is -2.33. The zero-order chi connectivity index (χ0) is 18.2. The number of rotatable bonds is 6. The van der Waals surface area contributed by atoms with Crippen molar-refractivity contribution < 1.29 is 17.9 Å². The fraction of sp³-hybridized carbons (Fsp3) is 0.562. The topological polar surface area (TPSA) is 91.8 Å². The first-order valence-electron chi connectivity index (χ1n) is 8.18. The molecule has 0 unspecified atom stereocenters. The monoisotopic (exact) mass is 368 g/mol. The summed E-state index contributed by atoms with van der Waals surface area (Å²) in [7, 11) is -1.69. The molecular formula is C16H24N4O4S. The largest absolute Gasteiger partial charge is 0.463 e. The van der Waals surface area contributed by atoms with E-state index in [1.165, 1.54) is 17.6 Å². The molecule has 25 heavy (non-hydrogen) atoms. The Bertz CT molecular complexity index is 840. The molecule has 0 aromatic carbocycles. The molecule has 138 valence electrons. The van der Waals surface area contributed by atoms with Gasteiger partial charge in [-0.3, -0.25) is 9.58 Å². The number of furan rings is 1. The second-order valence-electron chi connectivity index (χ2n) is 6.56. The van der Waals surface area contributed by atoms with E-state index in [4.69, 9.17) is 4.42 Å². The van der Waals surface area contributed by atoms with Crippen molar-refractivity contribution in [1.82, 2.24) is 19.0 Å². The lowest BCUT2D eigenvalue weighted by Gasteiger charge is -2.26. The third-order valence-corrected chi connectivity index (χ3v) is 5.63. The molecule has 0 spiro atoms. The number of aromatic nitrogens is 2. The van der Waals surface area contributed by atoms with Gasteiger partial charge in [0.25, 0.3) is 0 Å². The molecule has 1 aliphatic heterocycles. The van der Waals surface area contributed by atoms with Gasteiger partial charge in [0.15, 0.2) is 0 Å². The lowest BCUT2D eigenvalue weighted by atomic mass is 10.2. The van der Waals surface area contributed by atoms with Gasteiger partial charge in [0.05, 0.1) is 43.4 Å². The fourth-order valence-corrected chi connectivity index (χ4v) is 3.19. The first-order valence-corrected chi connectivity index (χ1v) is 10.0. The standard InChI is InChI=1S/C16H24N4O4S/c1-12(21)16-8-13-9-19(6-7-20(13)17-16)11-15-5-4-14(24-15)10-18(2)25(3,22)23/h4-5,8,12,21H,6-7,9-11H2,1-3H3/t12-/m1/s1. The van der Waals surface area contributed by atoms with Gasteiger partial charge >= 0.3 is 0 Å². The van der Waals surface area contributed by atoms with Gasteiger partial charge in [0.2, 0.25) is 10.0 Å². The van der Waals surface area contributed by atoms with E-state index in [0.717, 1.165) is 31.1 Å². The normalized spacial score (nSPS) is 17.0. The quantitative estimate of drug-likeness (QED) is 0.816. The molecular weight excluding hydrogens is 344 g/mol. The van der Waals surface area contributed by atoms with Gasteiger partial charge in [-0.05, 0) is 25.1 Å². The number of aliphatic hydroxyl groups excluding tert-OH is 1. The van der Waals surface area contributed by atoms with Crippen molar-refractivity contribution in [2.45, 2.75) is 39.2 Å². The van der Waals surface area contributed by atoms with Crippen molar-refractivity contribution in [2.24, 2.45) is 0 Å². The molecule has 0 fully saturated rings. The highest BCUT2D eigenvalue weighted by Crippen LogP contribution is 2.20. The van der Waals surface area contributed by atoms with Crippen LogP contribution in [0.15, 0.2) is 22.6 Å². The summed E-state index contributed by atoms with van der Waals surface area (Å²) in [4.78, 5) is 2.24. The maximum atomic E-state index is 11.5. The molecule has 0 amide bonds. The van der Waals surface area contributed by atoms with E-state index in [0.29, 0.717) is 18.0 Å². The smallest absolute Gasteiger partial charge is 0.211 e.